The fraction of sp³-hybridized carbons (Fsp3) is 0.774. The van der Waals surface area contributed by atoms with Crippen LogP contribution in [0.25, 0.3) is 0 Å². The number of carbonyl (C=O) groups is 3. The molecule has 0 N–H and O–H groups in total. The SMILES string of the molecule is CCCCC/C=C\COC(=O)CCCC(CCCC(=O)OC/C=C\CCCCC)OC(=O)CCCN(C)C. The van der Waals surface area contributed by atoms with E-state index >= 15 is 0 Å². The molecule has 0 unspecified atom stereocenters. The second-order valence-corrected chi connectivity index (χ2v) is 10.1. The van der Waals surface area contributed by atoms with E-state index in [9.17, 15) is 14.4 Å². The maximum Gasteiger partial charge on any atom is 0.306 e. The first-order valence-corrected chi connectivity index (χ1v) is 14.8. The zero-order valence-corrected chi connectivity index (χ0v) is 24.7. The van der Waals surface area contributed by atoms with Gasteiger partial charge in [-0.3, -0.25) is 14.4 Å². The molecule has 7 nitrogen and oxygen atoms in total. The highest BCUT2D eigenvalue weighted by atomic mass is 16.5. The predicted molar refractivity (Wildman–Crippen MR) is 154 cm³/mol. The molecule has 0 aromatic carbocycles. The predicted octanol–water partition coefficient (Wildman–Crippen LogP) is 6.94. The van der Waals surface area contributed by atoms with Crippen molar-refractivity contribution in [2.75, 3.05) is 33.9 Å². The Kier molecular flexibility index (Phi) is 25.0. The highest BCUT2D eigenvalue weighted by Crippen LogP contribution is 2.15. The van der Waals surface area contributed by atoms with E-state index in [4.69, 9.17) is 14.2 Å². The van der Waals surface area contributed by atoms with E-state index in [-0.39, 0.29) is 36.9 Å². The lowest BCUT2D eigenvalue weighted by molar-refractivity contribution is -0.150. The Morgan fingerprint density at radius 2 is 1.11 bits per heavy atom. The molecule has 0 bridgehead atoms. The number of nitrogens with zero attached hydrogens (tertiary/aromatic N) is 1. The van der Waals surface area contributed by atoms with Crippen molar-refractivity contribution >= 4 is 17.9 Å². The summed E-state index contributed by atoms with van der Waals surface area (Å²) in [6.45, 7) is 5.76. The van der Waals surface area contributed by atoms with Crippen LogP contribution in [0, 0.1) is 0 Å². The average molecular weight is 538 g/mol. The molecule has 0 aromatic heterocycles. The van der Waals surface area contributed by atoms with Crippen LogP contribution in [0.1, 0.15) is 117 Å². The minimum absolute atomic E-state index is 0.233. The van der Waals surface area contributed by atoms with Gasteiger partial charge >= 0.3 is 17.9 Å². The van der Waals surface area contributed by atoms with Gasteiger partial charge in [0, 0.05) is 19.3 Å². The molecule has 0 aliphatic heterocycles. The molecule has 0 fully saturated rings. The largest absolute Gasteiger partial charge is 0.462 e. The Morgan fingerprint density at radius 1 is 0.632 bits per heavy atom. The van der Waals surface area contributed by atoms with E-state index in [2.05, 4.69) is 26.0 Å². The molecule has 0 amide bonds. The van der Waals surface area contributed by atoms with Crippen molar-refractivity contribution < 1.29 is 28.6 Å². The third-order valence-corrected chi connectivity index (χ3v) is 6.06. The van der Waals surface area contributed by atoms with Crippen molar-refractivity contribution in [1.29, 1.82) is 0 Å². The topological polar surface area (TPSA) is 82.1 Å². The molecular weight excluding hydrogens is 482 g/mol. The molecule has 7 heteroatoms. The van der Waals surface area contributed by atoms with Crippen LogP contribution in [0.15, 0.2) is 24.3 Å². The molecule has 0 aromatic rings. The summed E-state index contributed by atoms with van der Waals surface area (Å²) in [5.74, 6) is -0.723. The highest BCUT2D eigenvalue weighted by molar-refractivity contribution is 5.70. The second kappa shape index (κ2) is 26.5. The molecule has 0 aliphatic carbocycles. The fourth-order valence-corrected chi connectivity index (χ4v) is 3.82. The number of hydrogen-bond donors (Lipinski definition) is 0. The first kappa shape index (κ1) is 35.9. The minimum Gasteiger partial charge on any atom is -0.462 e. The first-order valence-electron chi connectivity index (χ1n) is 14.8. The first-order chi connectivity index (χ1) is 18.4. The maximum absolute atomic E-state index is 12.3. The molecule has 0 saturated carbocycles. The van der Waals surface area contributed by atoms with Crippen LogP contribution >= 0.6 is 0 Å². The lowest BCUT2D eigenvalue weighted by atomic mass is 10.1. The summed E-state index contributed by atoms with van der Waals surface area (Å²) >= 11 is 0. The number of ether oxygens (including phenoxy) is 3. The third kappa shape index (κ3) is 25.5. The van der Waals surface area contributed by atoms with Gasteiger partial charge in [0.25, 0.3) is 0 Å². The van der Waals surface area contributed by atoms with Crippen molar-refractivity contribution in [2.24, 2.45) is 0 Å². The maximum atomic E-state index is 12.3. The third-order valence-electron chi connectivity index (χ3n) is 6.06. The number of allylic oxidation sites excluding steroid dienone is 2. The zero-order chi connectivity index (χ0) is 28.3. The van der Waals surface area contributed by atoms with Gasteiger partial charge in [-0.15, -0.1) is 0 Å². The summed E-state index contributed by atoms with van der Waals surface area (Å²) in [5.41, 5.74) is 0. The smallest absolute Gasteiger partial charge is 0.306 e. The van der Waals surface area contributed by atoms with Crippen molar-refractivity contribution in [3.8, 4) is 0 Å². The van der Waals surface area contributed by atoms with Crippen LogP contribution in [0.2, 0.25) is 0 Å². The van der Waals surface area contributed by atoms with Gasteiger partial charge in [-0.05, 0) is 78.4 Å². The summed E-state index contributed by atoms with van der Waals surface area (Å²) in [4.78, 5) is 38.5. The monoisotopic (exact) mass is 537 g/mol. The van der Waals surface area contributed by atoms with E-state index in [1.54, 1.807) is 0 Å². The summed E-state index contributed by atoms with van der Waals surface area (Å²) in [5, 5.41) is 0. The second-order valence-electron chi connectivity index (χ2n) is 10.1. The van der Waals surface area contributed by atoms with E-state index in [0.29, 0.717) is 45.3 Å². The normalized spacial score (nSPS) is 11.6. The summed E-state index contributed by atoms with van der Waals surface area (Å²) < 4.78 is 16.2. The molecule has 0 rings (SSSR count). The molecule has 0 atom stereocenters. The van der Waals surface area contributed by atoms with Crippen LogP contribution in [0.4, 0.5) is 0 Å². The quantitative estimate of drug-likeness (QED) is 0.0540. The van der Waals surface area contributed by atoms with Crippen molar-refractivity contribution in [2.45, 2.75) is 123 Å². The molecule has 0 radical (unpaired) electrons. The van der Waals surface area contributed by atoms with Crippen molar-refractivity contribution in [1.82, 2.24) is 4.90 Å². The van der Waals surface area contributed by atoms with Gasteiger partial charge in [-0.2, -0.15) is 0 Å². The van der Waals surface area contributed by atoms with Crippen LogP contribution < -0.4 is 0 Å². The van der Waals surface area contributed by atoms with Gasteiger partial charge in [0.2, 0.25) is 0 Å². The van der Waals surface area contributed by atoms with Crippen molar-refractivity contribution in [3.05, 3.63) is 24.3 Å². The van der Waals surface area contributed by atoms with E-state index in [0.717, 1.165) is 38.6 Å². The average Bonchev–Trinajstić information content (AvgIpc) is 2.87. The lowest BCUT2D eigenvalue weighted by Crippen LogP contribution is -2.21. The number of unbranched alkanes of at least 4 members (excludes halogenated alkanes) is 6. The Bertz CT molecular complexity index is 617. The van der Waals surface area contributed by atoms with Gasteiger partial charge in [0.15, 0.2) is 0 Å². The summed E-state index contributed by atoms with van der Waals surface area (Å²) in [6.07, 6.45) is 20.7. The van der Waals surface area contributed by atoms with Gasteiger partial charge < -0.3 is 19.1 Å². The standard InChI is InChI=1S/C31H55NO6/c1-5-7-9-11-13-15-26-36-29(33)22-17-20-28(38-31(35)24-19-25-32(3)4)21-18-23-30(34)37-27-16-14-12-10-8-6-2/h13-16,28H,5-12,17-27H2,1-4H3/b15-13-,16-14-. The van der Waals surface area contributed by atoms with Crippen molar-refractivity contribution in [3.63, 3.8) is 0 Å². The fourth-order valence-electron chi connectivity index (χ4n) is 3.82. The Labute approximate surface area is 232 Å². The number of rotatable bonds is 25. The van der Waals surface area contributed by atoms with Crippen LogP contribution in [0.3, 0.4) is 0 Å². The van der Waals surface area contributed by atoms with Crippen LogP contribution in [-0.4, -0.2) is 62.8 Å². The molecular formula is C31H55NO6. The molecule has 0 spiro atoms. The van der Waals surface area contributed by atoms with Crippen LogP contribution in [0.5, 0.6) is 0 Å². The minimum atomic E-state index is -0.320. The number of hydrogen-bond acceptors (Lipinski definition) is 7. The van der Waals surface area contributed by atoms with Gasteiger partial charge in [-0.25, -0.2) is 0 Å². The molecule has 38 heavy (non-hydrogen) atoms. The molecule has 0 aliphatic rings. The number of esters is 3. The Balaban J connectivity index is 4.38. The van der Waals surface area contributed by atoms with E-state index in [1.165, 1.54) is 25.7 Å². The van der Waals surface area contributed by atoms with Crippen LogP contribution in [-0.2, 0) is 28.6 Å². The molecule has 0 saturated heterocycles. The molecule has 0 heterocycles. The summed E-state index contributed by atoms with van der Waals surface area (Å²) in [6, 6.07) is 0. The summed E-state index contributed by atoms with van der Waals surface area (Å²) in [7, 11) is 3.94. The number of carbonyl (C=O) groups excluding carboxylic acids is 3. The Hall–Kier alpha value is -2.15. The van der Waals surface area contributed by atoms with E-state index < -0.39 is 0 Å². The van der Waals surface area contributed by atoms with Gasteiger partial charge in [0.05, 0.1) is 0 Å². The van der Waals surface area contributed by atoms with Gasteiger partial charge in [0.1, 0.15) is 19.3 Å². The molecule has 220 valence electrons. The van der Waals surface area contributed by atoms with E-state index in [1.807, 2.05) is 31.1 Å². The lowest BCUT2D eigenvalue weighted by Gasteiger charge is -2.18. The Morgan fingerprint density at radius 3 is 1.55 bits per heavy atom. The zero-order valence-electron chi connectivity index (χ0n) is 24.7. The van der Waals surface area contributed by atoms with Gasteiger partial charge in [-0.1, -0.05) is 63.8 Å². The highest BCUT2D eigenvalue weighted by Gasteiger charge is 2.16.